The number of nitrogens with zero attached hydrogens (tertiary/aromatic N) is 2. The molecule has 0 bridgehead atoms. The van der Waals surface area contributed by atoms with Crippen LogP contribution in [0.5, 0.6) is 23.0 Å². The highest BCUT2D eigenvalue weighted by Gasteiger charge is 2.31. The molecule has 1 N–H and O–H groups in total. The highest BCUT2D eigenvalue weighted by atomic mass is 16.6. The van der Waals surface area contributed by atoms with Crippen LogP contribution in [0.25, 0.3) is 0 Å². The van der Waals surface area contributed by atoms with E-state index in [4.69, 9.17) is 18.9 Å². The van der Waals surface area contributed by atoms with Crippen LogP contribution >= 0.6 is 0 Å². The number of nitro groups is 1. The summed E-state index contributed by atoms with van der Waals surface area (Å²) >= 11 is 0. The van der Waals surface area contributed by atoms with Gasteiger partial charge < -0.3 is 29.2 Å². The summed E-state index contributed by atoms with van der Waals surface area (Å²) < 4.78 is 22.0. The maximum Gasteiger partial charge on any atom is 0.274 e. The minimum atomic E-state index is -0.400. The van der Waals surface area contributed by atoms with Crippen LogP contribution < -0.4 is 24.3 Å². The van der Waals surface area contributed by atoms with Gasteiger partial charge in [0, 0.05) is 19.1 Å². The molecular formula is C30H35N3O6. The second-order valence-electron chi connectivity index (χ2n) is 9.32. The van der Waals surface area contributed by atoms with Crippen LogP contribution in [0.1, 0.15) is 22.3 Å². The van der Waals surface area contributed by atoms with Gasteiger partial charge in [0.15, 0.2) is 28.8 Å². The number of fused-ring (bicyclic) bond motifs is 1. The Balaban J connectivity index is 1.67. The maximum absolute atomic E-state index is 11.7. The predicted octanol–water partition coefficient (Wildman–Crippen LogP) is 4.60. The minimum absolute atomic E-state index is 0.0656. The van der Waals surface area contributed by atoms with Crippen molar-refractivity contribution in [1.82, 2.24) is 10.2 Å². The van der Waals surface area contributed by atoms with Crippen LogP contribution in [0.2, 0.25) is 0 Å². The lowest BCUT2D eigenvalue weighted by Gasteiger charge is -2.39. The van der Waals surface area contributed by atoms with E-state index in [9.17, 15) is 10.1 Å². The van der Waals surface area contributed by atoms with Crippen LogP contribution in [0.4, 0.5) is 0 Å². The zero-order chi connectivity index (χ0) is 27.8. The molecule has 1 aliphatic heterocycles. The van der Waals surface area contributed by atoms with Gasteiger partial charge >= 0.3 is 0 Å². The molecule has 0 spiro atoms. The van der Waals surface area contributed by atoms with Crippen molar-refractivity contribution in [2.45, 2.75) is 31.8 Å². The summed E-state index contributed by atoms with van der Waals surface area (Å²) in [5.74, 6) is 3.07. The number of hydrogen-bond donors (Lipinski definition) is 1. The third-order valence-electron chi connectivity index (χ3n) is 6.96. The van der Waals surface area contributed by atoms with Crippen molar-refractivity contribution in [3.8, 4) is 23.0 Å². The summed E-state index contributed by atoms with van der Waals surface area (Å²) in [6.07, 6.45) is 3.12. The minimum Gasteiger partial charge on any atom is -0.493 e. The molecule has 1 aliphatic rings. The maximum atomic E-state index is 11.7. The lowest BCUT2D eigenvalue weighted by atomic mass is 9.89. The van der Waals surface area contributed by atoms with E-state index in [2.05, 4.69) is 22.3 Å². The molecule has 3 aromatic rings. The summed E-state index contributed by atoms with van der Waals surface area (Å²) in [4.78, 5) is 13.4. The molecule has 9 heteroatoms. The van der Waals surface area contributed by atoms with Crippen molar-refractivity contribution in [3.05, 3.63) is 105 Å². The summed E-state index contributed by atoms with van der Waals surface area (Å²) in [6, 6.07) is 19.8. The molecule has 4 rings (SSSR count). The second-order valence-corrected chi connectivity index (χ2v) is 9.32. The van der Waals surface area contributed by atoms with Crippen molar-refractivity contribution in [1.29, 1.82) is 0 Å². The first-order valence-corrected chi connectivity index (χ1v) is 12.8. The largest absolute Gasteiger partial charge is 0.493 e. The SMILES string of the molecule is COc1ccc(CC2Cc3cc(OC)c(OC)cc3CN2/C(=C\[N+](=O)[O-])NCCc2ccccc2)cc1OC. The zero-order valence-corrected chi connectivity index (χ0v) is 22.8. The molecule has 0 radical (unpaired) electrons. The number of rotatable bonds is 12. The number of ether oxygens (including phenoxy) is 4. The molecule has 3 aromatic carbocycles. The van der Waals surface area contributed by atoms with Gasteiger partial charge in [-0.3, -0.25) is 10.1 Å². The Labute approximate surface area is 229 Å². The standard InChI is InChI=1S/C30H35N3O6/c1-36-26-11-10-22(15-27(26)37-2)14-25-16-23-17-28(38-3)29(39-4)18-24(23)19-32(25)30(20-33(34)35)31-13-12-21-8-6-5-7-9-21/h5-11,15,17-18,20,25,31H,12-14,16,19H2,1-4H3/b30-20-. The molecule has 1 atom stereocenters. The lowest BCUT2D eigenvalue weighted by molar-refractivity contribution is -0.405. The smallest absolute Gasteiger partial charge is 0.274 e. The third-order valence-corrected chi connectivity index (χ3v) is 6.96. The molecule has 0 aliphatic carbocycles. The number of benzene rings is 3. The van der Waals surface area contributed by atoms with Crippen LogP contribution in [0, 0.1) is 10.1 Å². The molecule has 1 unspecified atom stereocenters. The van der Waals surface area contributed by atoms with Crippen molar-refractivity contribution in [3.63, 3.8) is 0 Å². The van der Waals surface area contributed by atoms with Crippen LogP contribution in [-0.2, 0) is 25.8 Å². The van der Waals surface area contributed by atoms with E-state index in [0.717, 1.165) is 34.9 Å². The Morgan fingerprint density at radius 3 is 2.18 bits per heavy atom. The molecule has 9 nitrogen and oxygen atoms in total. The monoisotopic (exact) mass is 533 g/mol. The van der Waals surface area contributed by atoms with Crippen molar-refractivity contribution in [2.75, 3.05) is 35.0 Å². The highest BCUT2D eigenvalue weighted by molar-refractivity contribution is 5.49. The molecule has 39 heavy (non-hydrogen) atoms. The first-order valence-electron chi connectivity index (χ1n) is 12.8. The highest BCUT2D eigenvalue weighted by Crippen LogP contribution is 2.37. The van der Waals surface area contributed by atoms with Gasteiger partial charge in [-0.1, -0.05) is 36.4 Å². The van der Waals surface area contributed by atoms with E-state index in [1.54, 1.807) is 28.4 Å². The molecular weight excluding hydrogens is 498 g/mol. The summed E-state index contributed by atoms with van der Waals surface area (Å²) in [5.41, 5.74) is 4.36. The van der Waals surface area contributed by atoms with Gasteiger partial charge in [-0.05, 0) is 65.8 Å². The van der Waals surface area contributed by atoms with Crippen LogP contribution in [-0.4, -0.2) is 50.8 Å². The van der Waals surface area contributed by atoms with E-state index in [1.165, 1.54) is 0 Å². The Morgan fingerprint density at radius 1 is 0.897 bits per heavy atom. The summed E-state index contributed by atoms with van der Waals surface area (Å²) in [5, 5.41) is 15.1. The van der Waals surface area contributed by atoms with E-state index in [-0.39, 0.29) is 6.04 Å². The average molecular weight is 534 g/mol. The van der Waals surface area contributed by atoms with Gasteiger partial charge in [-0.2, -0.15) is 0 Å². The van der Waals surface area contributed by atoms with Gasteiger partial charge in [0.2, 0.25) is 0 Å². The van der Waals surface area contributed by atoms with E-state index < -0.39 is 4.92 Å². The van der Waals surface area contributed by atoms with Gasteiger partial charge in [0.05, 0.1) is 33.4 Å². The molecule has 1 heterocycles. The Morgan fingerprint density at radius 2 is 1.54 bits per heavy atom. The van der Waals surface area contributed by atoms with E-state index in [0.29, 0.717) is 54.8 Å². The van der Waals surface area contributed by atoms with Gasteiger partial charge in [-0.25, -0.2) is 0 Å². The Bertz CT molecular complexity index is 1310. The average Bonchev–Trinajstić information content (AvgIpc) is 2.95. The topological polar surface area (TPSA) is 95.3 Å². The number of nitrogens with one attached hydrogen (secondary N) is 1. The fourth-order valence-electron chi connectivity index (χ4n) is 5.02. The van der Waals surface area contributed by atoms with Gasteiger partial charge in [0.25, 0.3) is 6.20 Å². The Kier molecular flexibility index (Phi) is 9.14. The first kappa shape index (κ1) is 27.6. The van der Waals surface area contributed by atoms with E-state index in [1.807, 2.05) is 48.5 Å². The summed E-state index contributed by atoms with van der Waals surface area (Å²) in [6.45, 7) is 1.04. The van der Waals surface area contributed by atoms with Gasteiger partial charge in [-0.15, -0.1) is 0 Å². The molecule has 0 saturated heterocycles. The molecule has 206 valence electrons. The Hall–Kier alpha value is -4.40. The van der Waals surface area contributed by atoms with E-state index >= 15 is 0 Å². The third kappa shape index (κ3) is 6.73. The van der Waals surface area contributed by atoms with Crippen molar-refractivity contribution < 1.29 is 23.9 Å². The summed E-state index contributed by atoms with van der Waals surface area (Å²) in [7, 11) is 6.44. The van der Waals surface area contributed by atoms with Crippen LogP contribution in [0.3, 0.4) is 0 Å². The molecule has 0 amide bonds. The lowest BCUT2D eigenvalue weighted by Crippen LogP contribution is -2.45. The number of hydrogen-bond acceptors (Lipinski definition) is 8. The molecule has 0 saturated carbocycles. The number of methoxy groups -OCH3 is 4. The molecule has 0 aromatic heterocycles. The second kappa shape index (κ2) is 12.9. The van der Waals surface area contributed by atoms with Crippen LogP contribution in [0.15, 0.2) is 72.7 Å². The van der Waals surface area contributed by atoms with Gasteiger partial charge in [0.1, 0.15) is 0 Å². The van der Waals surface area contributed by atoms with Crippen molar-refractivity contribution in [2.24, 2.45) is 0 Å². The quantitative estimate of drug-likeness (QED) is 0.267. The normalized spacial score (nSPS) is 14.8. The zero-order valence-electron chi connectivity index (χ0n) is 22.8. The predicted molar refractivity (Wildman–Crippen MR) is 149 cm³/mol. The first-order chi connectivity index (χ1) is 18.9. The fourth-order valence-corrected chi connectivity index (χ4v) is 5.02. The fraction of sp³-hybridized carbons (Fsp3) is 0.333. The molecule has 0 fully saturated rings. The van der Waals surface area contributed by atoms with Crippen molar-refractivity contribution >= 4 is 0 Å².